The number of allylic oxidation sites excluding steroid dienone is 1. The molecule has 0 radical (unpaired) electrons. The molecule has 0 saturated heterocycles. The fourth-order valence-corrected chi connectivity index (χ4v) is 0.821. The second kappa shape index (κ2) is 4.74. The van der Waals surface area contributed by atoms with Crippen molar-refractivity contribution < 1.29 is 9.52 Å². The van der Waals surface area contributed by atoms with Gasteiger partial charge < -0.3 is 9.52 Å². The Morgan fingerprint density at radius 1 is 1.45 bits per heavy atom. The average Bonchev–Trinajstić information content (AvgIpc) is 2.50. The monoisotopic (exact) mass is 152 g/mol. The molecule has 0 atom stereocenters. The van der Waals surface area contributed by atoms with Gasteiger partial charge in [-0.05, 0) is 18.6 Å². The lowest BCUT2D eigenvalue weighted by atomic mass is 10.3. The van der Waals surface area contributed by atoms with Gasteiger partial charge in [0.1, 0.15) is 5.76 Å². The van der Waals surface area contributed by atoms with Crippen LogP contribution in [-0.4, -0.2) is 11.7 Å². The number of aliphatic hydroxyl groups excluding tert-OH is 1. The van der Waals surface area contributed by atoms with Gasteiger partial charge in [-0.3, -0.25) is 0 Å². The van der Waals surface area contributed by atoms with Crippen LogP contribution < -0.4 is 0 Å². The molecule has 1 aromatic rings. The second-order valence-electron chi connectivity index (χ2n) is 2.27. The Morgan fingerprint density at radius 2 is 2.36 bits per heavy atom. The van der Waals surface area contributed by atoms with E-state index in [1.54, 1.807) is 6.26 Å². The first-order chi connectivity index (χ1) is 5.43. The normalized spacial score (nSPS) is 11.0. The quantitative estimate of drug-likeness (QED) is 0.667. The first-order valence-electron chi connectivity index (χ1n) is 3.71. The van der Waals surface area contributed by atoms with Crippen molar-refractivity contribution >= 4 is 0 Å². The van der Waals surface area contributed by atoms with Crippen LogP contribution in [0.5, 0.6) is 0 Å². The van der Waals surface area contributed by atoms with Crippen molar-refractivity contribution in [2.45, 2.75) is 12.8 Å². The summed E-state index contributed by atoms with van der Waals surface area (Å²) in [6, 6.07) is 3.80. The van der Waals surface area contributed by atoms with Crippen LogP contribution in [-0.2, 0) is 6.42 Å². The van der Waals surface area contributed by atoms with Crippen molar-refractivity contribution in [3.05, 3.63) is 36.3 Å². The Balaban J connectivity index is 2.23. The lowest BCUT2D eigenvalue weighted by molar-refractivity contribution is 0.302. The van der Waals surface area contributed by atoms with Gasteiger partial charge in [-0.2, -0.15) is 0 Å². The van der Waals surface area contributed by atoms with Gasteiger partial charge in [0.2, 0.25) is 0 Å². The zero-order valence-electron chi connectivity index (χ0n) is 6.36. The van der Waals surface area contributed by atoms with Crippen LogP contribution in [0, 0.1) is 0 Å². The van der Waals surface area contributed by atoms with Crippen molar-refractivity contribution in [2.24, 2.45) is 0 Å². The SMILES string of the molecule is OCC/C=C\Cc1ccco1. The minimum Gasteiger partial charge on any atom is -0.469 e. The van der Waals surface area contributed by atoms with Gasteiger partial charge in [0.05, 0.1) is 6.26 Å². The van der Waals surface area contributed by atoms with E-state index in [1.165, 1.54) is 0 Å². The number of hydrogen-bond donors (Lipinski definition) is 1. The molecule has 0 fully saturated rings. The van der Waals surface area contributed by atoms with Crippen molar-refractivity contribution in [2.75, 3.05) is 6.61 Å². The van der Waals surface area contributed by atoms with Crippen molar-refractivity contribution in [1.82, 2.24) is 0 Å². The van der Waals surface area contributed by atoms with Gasteiger partial charge in [-0.15, -0.1) is 0 Å². The van der Waals surface area contributed by atoms with Crippen LogP contribution in [0.4, 0.5) is 0 Å². The summed E-state index contributed by atoms with van der Waals surface area (Å²) in [5.74, 6) is 0.958. The highest BCUT2D eigenvalue weighted by Gasteiger charge is 1.88. The van der Waals surface area contributed by atoms with E-state index >= 15 is 0 Å². The Kier molecular flexibility index (Phi) is 3.48. The minimum atomic E-state index is 0.217. The van der Waals surface area contributed by atoms with Gasteiger partial charge in [0.25, 0.3) is 0 Å². The van der Waals surface area contributed by atoms with E-state index in [4.69, 9.17) is 9.52 Å². The zero-order valence-corrected chi connectivity index (χ0v) is 6.36. The van der Waals surface area contributed by atoms with Gasteiger partial charge >= 0.3 is 0 Å². The van der Waals surface area contributed by atoms with Crippen molar-refractivity contribution in [1.29, 1.82) is 0 Å². The maximum absolute atomic E-state index is 8.45. The third-order valence-corrected chi connectivity index (χ3v) is 1.36. The van der Waals surface area contributed by atoms with E-state index in [9.17, 15) is 0 Å². The number of hydrogen-bond acceptors (Lipinski definition) is 2. The van der Waals surface area contributed by atoms with E-state index in [0.717, 1.165) is 18.6 Å². The molecule has 1 rings (SSSR count). The molecule has 0 aliphatic carbocycles. The molecule has 0 bridgehead atoms. The lowest BCUT2D eigenvalue weighted by Gasteiger charge is -1.86. The van der Waals surface area contributed by atoms with Crippen LogP contribution in [0.15, 0.2) is 35.0 Å². The summed E-state index contributed by atoms with van der Waals surface area (Å²) < 4.78 is 5.10. The van der Waals surface area contributed by atoms with E-state index < -0.39 is 0 Å². The smallest absolute Gasteiger partial charge is 0.107 e. The average molecular weight is 152 g/mol. The molecule has 11 heavy (non-hydrogen) atoms. The predicted molar refractivity (Wildman–Crippen MR) is 43.3 cm³/mol. The summed E-state index contributed by atoms with van der Waals surface area (Å²) >= 11 is 0. The molecule has 60 valence electrons. The molecule has 1 aromatic heterocycles. The number of aliphatic hydroxyl groups is 1. The standard InChI is InChI=1S/C9H12O2/c10-7-3-1-2-5-9-6-4-8-11-9/h1-2,4,6,8,10H,3,5,7H2/b2-1-. The van der Waals surface area contributed by atoms with Gasteiger partial charge in [-0.1, -0.05) is 12.2 Å². The molecular weight excluding hydrogens is 140 g/mol. The van der Waals surface area contributed by atoms with Gasteiger partial charge in [-0.25, -0.2) is 0 Å². The highest BCUT2D eigenvalue weighted by Crippen LogP contribution is 2.01. The topological polar surface area (TPSA) is 33.4 Å². The van der Waals surface area contributed by atoms with Gasteiger partial charge in [0.15, 0.2) is 0 Å². The van der Waals surface area contributed by atoms with Crippen LogP contribution in [0.2, 0.25) is 0 Å². The molecule has 2 nitrogen and oxygen atoms in total. The minimum absolute atomic E-state index is 0.217. The summed E-state index contributed by atoms with van der Waals surface area (Å²) in [6.07, 6.45) is 7.14. The number of furan rings is 1. The summed E-state index contributed by atoms with van der Waals surface area (Å²) in [6.45, 7) is 0.217. The molecule has 0 amide bonds. The Labute approximate surface area is 66.2 Å². The highest BCUT2D eigenvalue weighted by atomic mass is 16.3. The van der Waals surface area contributed by atoms with Crippen LogP contribution >= 0.6 is 0 Å². The summed E-state index contributed by atoms with van der Waals surface area (Å²) in [4.78, 5) is 0. The Hall–Kier alpha value is -1.02. The molecule has 2 heteroatoms. The fraction of sp³-hybridized carbons (Fsp3) is 0.333. The largest absolute Gasteiger partial charge is 0.469 e. The van der Waals surface area contributed by atoms with Crippen molar-refractivity contribution in [3.8, 4) is 0 Å². The van der Waals surface area contributed by atoms with E-state index in [1.807, 2.05) is 24.3 Å². The first kappa shape index (κ1) is 8.08. The van der Waals surface area contributed by atoms with Crippen LogP contribution in [0.25, 0.3) is 0 Å². The Morgan fingerprint density at radius 3 is 3.00 bits per heavy atom. The summed E-state index contributed by atoms with van der Waals surface area (Å²) in [5.41, 5.74) is 0. The third kappa shape index (κ3) is 3.05. The van der Waals surface area contributed by atoms with E-state index in [0.29, 0.717) is 0 Å². The fourth-order valence-electron chi connectivity index (χ4n) is 0.821. The molecule has 0 aromatic carbocycles. The number of rotatable bonds is 4. The molecular formula is C9H12O2. The maximum Gasteiger partial charge on any atom is 0.107 e. The second-order valence-corrected chi connectivity index (χ2v) is 2.27. The predicted octanol–water partition coefficient (Wildman–Crippen LogP) is 1.76. The molecule has 1 N–H and O–H groups in total. The van der Waals surface area contributed by atoms with Gasteiger partial charge in [0, 0.05) is 13.0 Å². The lowest BCUT2D eigenvalue weighted by Crippen LogP contribution is -1.77. The molecule has 1 heterocycles. The van der Waals surface area contributed by atoms with Crippen LogP contribution in [0.3, 0.4) is 0 Å². The van der Waals surface area contributed by atoms with Crippen LogP contribution in [0.1, 0.15) is 12.2 Å². The zero-order chi connectivity index (χ0) is 7.94. The molecule has 0 saturated carbocycles. The molecule has 0 unspecified atom stereocenters. The third-order valence-electron chi connectivity index (χ3n) is 1.36. The molecule has 0 aliphatic heterocycles. The maximum atomic E-state index is 8.45. The van der Waals surface area contributed by atoms with E-state index in [-0.39, 0.29) is 6.61 Å². The highest BCUT2D eigenvalue weighted by molar-refractivity contribution is 5.03. The summed E-state index contributed by atoms with van der Waals surface area (Å²) in [5, 5.41) is 8.45. The Bertz CT molecular complexity index is 199. The van der Waals surface area contributed by atoms with Crippen molar-refractivity contribution in [3.63, 3.8) is 0 Å². The van der Waals surface area contributed by atoms with E-state index in [2.05, 4.69) is 0 Å². The first-order valence-corrected chi connectivity index (χ1v) is 3.71. The molecule has 0 aliphatic rings. The molecule has 0 spiro atoms. The summed E-state index contributed by atoms with van der Waals surface area (Å²) in [7, 11) is 0.